The van der Waals surface area contributed by atoms with Crippen LogP contribution in [0.15, 0.2) is 84.9 Å². The minimum Gasteiger partial charge on any atom is -0.348 e. The number of nitrogens with one attached hydrogen (secondary N) is 1. The van der Waals surface area contributed by atoms with Gasteiger partial charge >= 0.3 is 0 Å². The van der Waals surface area contributed by atoms with Crippen molar-refractivity contribution in [2.24, 2.45) is 0 Å². The van der Waals surface area contributed by atoms with Gasteiger partial charge in [0.05, 0.1) is 5.56 Å². The van der Waals surface area contributed by atoms with Crippen LogP contribution in [0.1, 0.15) is 31.8 Å². The summed E-state index contributed by atoms with van der Waals surface area (Å²) in [5, 5.41) is 2.87. The second-order valence-electron chi connectivity index (χ2n) is 5.41. The molecule has 0 aromatic heterocycles. The molecular weight excluding hydrogens is 298 g/mol. The normalized spacial score (nSPS) is 10.2. The lowest BCUT2D eigenvalue weighted by Crippen LogP contribution is -2.25. The van der Waals surface area contributed by atoms with E-state index in [0.717, 1.165) is 5.56 Å². The van der Waals surface area contributed by atoms with E-state index >= 15 is 0 Å². The average Bonchev–Trinajstić information content (AvgIpc) is 2.67. The SMILES string of the molecule is O=C(NCc1ccccc1)c1ccccc1C(=O)c1ccccc1. The number of carbonyl (C=O) groups is 2. The van der Waals surface area contributed by atoms with Crippen molar-refractivity contribution in [2.45, 2.75) is 6.54 Å². The number of hydrogen-bond acceptors (Lipinski definition) is 2. The standard InChI is InChI=1S/C21H17NO2/c23-20(17-11-5-2-6-12-17)18-13-7-8-14-19(18)21(24)22-15-16-9-3-1-4-10-16/h1-14H,15H2,(H,22,24). The van der Waals surface area contributed by atoms with Crippen molar-refractivity contribution >= 4 is 11.7 Å². The molecule has 1 amide bonds. The van der Waals surface area contributed by atoms with Gasteiger partial charge in [-0.2, -0.15) is 0 Å². The Morgan fingerprint density at radius 1 is 0.667 bits per heavy atom. The zero-order chi connectivity index (χ0) is 16.8. The Morgan fingerprint density at radius 3 is 1.88 bits per heavy atom. The molecule has 0 heterocycles. The summed E-state index contributed by atoms with van der Waals surface area (Å²) in [6.07, 6.45) is 0. The second-order valence-corrected chi connectivity index (χ2v) is 5.41. The highest BCUT2D eigenvalue weighted by atomic mass is 16.2. The van der Waals surface area contributed by atoms with E-state index in [1.165, 1.54) is 0 Å². The van der Waals surface area contributed by atoms with E-state index in [-0.39, 0.29) is 11.7 Å². The Kier molecular flexibility index (Phi) is 4.82. The second kappa shape index (κ2) is 7.38. The fraction of sp³-hybridized carbons (Fsp3) is 0.0476. The van der Waals surface area contributed by atoms with Crippen LogP contribution in [0.25, 0.3) is 0 Å². The monoisotopic (exact) mass is 315 g/mol. The predicted molar refractivity (Wildman–Crippen MR) is 93.9 cm³/mol. The molecule has 0 aliphatic heterocycles. The van der Waals surface area contributed by atoms with Crippen LogP contribution in [-0.2, 0) is 6.54 Å². The zero-order valence-corrected chi connectivity index (χ0v) is 13.1. The third-order valence-electron chi connectivity index (χ3n) is 3.75. The van der Waals surface area contributed by atoms with Crippen molar-refractivity contribution in [2.75, 3.05) is 0 Å². The first-order valence-electron chi connectivity index (χ1n) is 7.76. The number of hydrogen-bond donors (Lipinski definition) is 1. The van der Waals surface area contributed by atoms with Crippen molar-refractivity contribution in [3.8, 4) is 0 Å². The Balaban J connectivity index is 1.81. The van der Waals surface area contributed by atoms with Crippen molar-refractivity contribution in [3.05, 3.63) is 107 Å². The highest BCUT2D eigenvalue weighted by molar-refractivity contribution is 6.15. The van der Waals surface area contributed by atoms with E-state index in [9.17, 15) is 9.59 Å². The molecule has 3 aromatic rings. The fourth-order valence-electron chi connectivity index (χ4n) is 2.50. The summed E-state index contributed by atoms with van der Waals surface area (Å²) in [4.78, 5) is 25.2. The summed E-state index contributed by atoms with van der Waals surface area (Å²) in [5.74, 6) is -0.403. The van der Waals surface area contributed by atoms with Crippen LogP contribution in [0.3, 0.4) is 0 Å². The maximum absolute atomic E-state index is 12.7. The van der Waals surface area contributed by atoms with Gasteiger partial charge in [-0.3, -0.25) is 9.59 Å². The van der Waals surface area contributed by atoms with Crippen LogP contribution in [0.2, 0.25) is 0 Å². The van der Waals surface area contributed by atoms with Gasteiger partial charge in [0.2, 0.25) is 0 Å². The van der Waals surface area contributed by atoms with E-state index in [1.807, 2.05) is 48.5 Å². The van der Waals surface area contributed by atoms with Gasteiger partial charge in [0.25, 0.3) is 5.91 Å². The Labute approximate surface area is 141 Å². The molecule has 0 unspecified atom stereocenters. The van der Waals surface area contributed by atoms with Gasteiger partial charge in [0.1, 0.15) is 0 Å². The van der Waals surface area contributed by atoms with Crippen LogP contribution in [0.5, 0.6) is 0 Å². The third-order valence-corrected chi connectivity index (χ3v) is 3.75. The first-order chi connectivity index (χ1) is 11.8. The van der Waals surface area contributed by atoms with Crippen LogP contribution < -0.4 is 5.32 Å². The molecule has 0 spiro atoms. The molecule has 1 N–H and O–H groups in total. The van der Waals surface area contributed by atoms with Gasteiger partial charge < -0.3 is 5.32 Å². The largest absolute Gasteiger partial charge is 0.348 e. The quantitative estimate of drug-likeness (QED) is 0.727. The van der Waals surface area contributed by atoms with Gasteiger partial charge in [-0.1, -0.05) is 78.9 Å². The number of rotatable bonds is 5. The minimum atomic E-state index is -0.251. The molecule has 0 atom stereocenters. The van der Waals surface area contributed by atoms with Crippen LogP contribution in [0, 0.1) is 0 Å². The molecule has 0 saturated carbocycles. The first-order valence-corrected chi connectivity index (χ1v) is 7.76. The molecule has 3 heteroatoms. The topological polar surface area (TPSA) is 46.2 Å². The van der Waals surface area contributed by atoms with Gasteiger partial charge in [-0.15, -0.1) is 0 Å². The van der Waals surface area contributed by atoms with Crippen molar-refractivity contribution < 1.29 is 9.59 Å². The highest BCUT2D eigenvalue weighted by Gasteiger charge is 2.17. The Hall–Kier alpha value is -3.20. The van der Waals surface area contributed by atoms with Crippen LogP contribution in [-0.4, -0.2) is 11.7 Å². The number of carbonyl (C=O) groups excluding carboxylic acids is 2. The van der Waals surface area contributed by atoms with Gasteiger partial charge in [0.15, 0.2) is 5.78 Å². The molecular formula is C21H17NO2. The lowest BCUT2D eigenvalue weighted by Gasteiger charge is -2.10. The number of amides is 1. The average molecular weight is 315 g/mol. The number of ketones is 1. The highest BCUT2D eigenvalue weighted by Crippen LogP contribution is 2.15. The van der Waals surface area contributed by atoms with Gasteiger partial charge in [0, 0.05) is 17.7 Å². The third kappa shape index (κ3) is 3.58. The van der Waals surface area contributed by atoms with E-state index in [1.54, 1.807) is 36.4 Å². The van der Waals surface area contributed by atoms with Crippen molar-refractivity contribution in [1.82, 2.24) is 5.32 Å². The molecule has 0 aliphatic carbocycles. The van der Waals surface area contributed by atoms with Crippen LogP contribution >= 0.6 is 0 Å². The van der Waals surface area contributed by atoms with E-state index in [4.69, 9.17) is 0 Å². The maximum Gasteiger partial charge on any atom is 0.252 e. The van der Waals surface area contributed by atoms with Crippen molar-refractivity contribution in [1.29, 1.82) is 0 Å². The molecule has 3 aromatic carbocycles. The van der Waals surface area contributed by atoms with Crippen LogP contribution in [0.4, 0.5) is 0 Å². The smallest absolute Gasteiger partial charge is 0.252 e. The lowest BCUT2D eigenvalue weighted by molar-refractivity contribution is 0.0939. The van der Waals surface area contributed by atoms with Gasteiger partial charge in [-0.25, -0.2) is 0 Å². The fourth-order valence-corrected chi connectivity index (χ4v) is 2.50. The molecule has 0 bridgehead atoms. The van der Waals surface area contributed by atoms with Crippen molar-refractivity contribution in [3.63, 3.8) is 0 Å². The molecule has 3 rings (SSSR count). The Morgan fingerprint density at radius 2 is 1.21 bits per heavy atom. The zero-order valence-electron chi connectivity index (χ0n) is 13.1. The molecule has 118 valence electrons. The van der Waals surface area contributed by atoms with Gasteiger partial charge in [-0.05, 0) is 11.6 Å². The summed E-state index contributed by atoms with van der Waals surface area (Å²) in [6, 6.07) is 25.5. The van der Waals surface area contributed by atoms with E-state index < -0.39 is 0 Å². The summed E-state index contributed by atoms with van der Waals surface area (Å²) >= 11 is 0. The molecule has 0 saturated heterocycles. The van der Waals surface area contributed by atoms with E-state index in [0.29, 0.717) is 23.2 Å². The summed E-state index contributed by atoms with van der Waals surface area (Å²) in [6.45, 7) is 0.424. The summed E-state index contributed by atoms with van der Waals surface area (Å²) < 4.78 is 0. The molecule has 0 fully saturated rings. The maximum atomic E-state index is 12.7. The minimum absolute atomic E-state index is 0.152. The summed E-state index contributed by atoms with van der Waals surface area (Å²) in [7, 11) is 0. The molecule has 0 radical (unpaired) electrons. The summed E-state index contributed by atoms with van der Waals surface area (Å²) in [5.41, 5.74) is 2.38. The number of benzene rings is 3. The molecule has 24 heavy (non-hydrogen) atoms. The predicted octanol–water partition coefficient (Wildman–Crippen LogP) is 3.85. The Bertz CT molecular complexity index is 842. The first kappa shape index (κ1) is 15.7. The van der Waals surface area contributed by atoms with E-state index in [2.05, 4.69) is 5.32 Å². The molecule has 3 nitrogen and oxygen atoms in total. The lowest BCUT2D eigenvalue weighted by atomic mass is 9.98. The molecule has 0 aliphatic rings.